The van der Waals surface area contributed by atoms with E-state index < -0.39 is 0 Å². The quantitative estimate of drug-likeness (QED) is 0.165. The summed E-state index contributed by atoms with van der Waals surface area (Å²) < 4.78 is 6.13. The van der Waals surface area contributed by atoms with Gasteiger partial charge in [0.05, 0.1) is 33.5 Å². The number of para-hydroxylation sites is 2. The fraction of sp³-hybridized carbons (Fsp3) is 0. The fourth-order valence-electron chi connectivity index (χ4n) is 8.91. The Hall–Kier alpha value is -7.53. The normalized spacial score (nSPS) is 11.7. The third kappa shape index (κ3) is 5.60. The summed E-state index contributed by atoms with van der Waals surface area (Å²) in [4.78, 5) is 5.10. The number of pyridine rings is 1. The molecular weight excluding hydrogens is 735 g/mol. The highest BCUT2D eigenvalue weighted by Gasteiger charge is 2.18. The maximum absolute atomic E-state index is 5.10. The van der Waals surface area contributed by atoms with Crippen LogP contribution in [0.4, 0.5) is 0 Å². The predicted octanol–water partition coefficient (Wildman–Crippen LogP) is 15.2. The number of benzene rings is 8. The number of rotatable bonds is 6. The first kappa shape index (κ1) is 33.6. The Bertz CT molecular complexity index is 3450. The van der Waals surface area contributed by atoms with Gasteiger partial charge in [0.15, 0.2) is 0 Å². The third-order valence-electron chi connectivity index (χ3n) is 11.7. The Labute approximate surface area is 345 Å². The average molecular weight is 770 g/mol. The van der Waals surface area contributed by atoms with Crippen molar-refractivity contribution >= 4 is 65.0 Å². The summed E-state index contributed by atoms with van der Waals surface area (Å²) in [5.41, 5.74) is 14.8. The average Bonchev–Trinajstić information content (AvgIpc) is 3.99. The summed E-state index contributed by atoms with van der Waals surface area (Å²) in [5, 5.41) is 7.53. The molecule has 0 unspecified atom stereocenters. The topological polar surface area (TPSA) is 22.8 Å². The van der Waals surface area contributed by atoms with Gasteiger partial charge in [0.25, 0.3) is 0 Å². The van der Waals surface area contributed by atoms with Crippen molar-refractivity contribution < 1.29 is 0 Å². The van der Waals surface area contributed by atoms with Gasteiger partial charge >= 0.3 is 0 Å². The van der Waals surface area contributed by atoms with E-state index in [2.05, 4.69) is 209 Å². The van der Waals surface area contributed by atoms with E-state index in [1.165, 1.54) is 69.8 Å². The Morgan fingerprint density at radius 1 is 0.322 bits per heavy atom. The number of hydrogen-bond acceptors (Lipinski definition) is 2. The third-order valence-corrected chi connectivity index (χ3v) is 12.8. The van der Waals surface area contributed by atoms with Crippen LogP contribution in [0, 0.1) is 0 Å². The molecule has 0 fully saturated rings. The molecule has 0 aliphatic carbocycles. The maximum atomic E-state index is 5.10. The molecule has 0 atom stereocenters. The van der Waals surface area contributed by atoms with Crippen LogP contribution in [-0.2, 0) is 0 Å². The summed E-state index contributed by atoms with van der Waals surface area (Å²) in [7, 11) is 0. The minimum absolute atomic E-state index is 0.963. The van der Waals surface area contributed by atoms with E-state index in [1.807, 2.05) is 23.5 Å². The van der Waals surface area contributed by atoms with Gasteiger partial charge in [-0.15, -0.1) is 11.3 Å². The second kappa shape index (κ2) is 13.6. The van der Waals surface area contributed by atoms with Gasteiger partial charge in [0, 0.05) is 43.1 Å². The molecule has 59 heavy (non-hydrogen) atoms. The lowest BCUT2D eigenvalue weighted by Crippen LogP contribution is -1.94. The molecule has 0 saturated heterocycles. The number of aromatic nitrogens is 3. The fourth-order valence-corrected chi connectivity index (χ4v) is 10.0. The molecule has 0 aliphatic rings. The van der Waals surface area contributed by atoms with Gasteiger partial charge in [-0.25, -0.2) is 4.98 Å². The van der Waals surface area contributed by atoms with Gasteiger partial charge in [0.1, 0.15) is 5.00 Å². The minimum atomic E-state index is 0.963. The number of fused-ring (bicyclic) bond motifs is 7. The van der Waals surface area contributed by atoms with Crippen LogP contribution in [0.1, 0.15) is 0 Å². The SMILES string of the molecule is c1ccc(-c2cc(-c3ccc(-n4c5ccccc5c5cc(-c6ccc7c(c6)c6ccccc6n7-c6cc7ccccc7s6)ccc54)cc3)cc(-c3ccccc3)n2)cc1. The molecule has 4 heterocycles. The number of nitrogens with zero attached hydrogens (tertiary/aromatic N) is 3. The molecule has 0 bridgehead atoms. The monoisotopic (exact) mass is 769 g/mol. The molecule has 0 spiro atoms. The smallest absolute Gasteiger partial charge is 0.101 e. The van der Waals surface area contributed by atoms with E-state index in [0.29, 0.717) is 0 Å². The van der Waals surface area contributed by atoms with Gasteiger partial charge in [-0.2, -0.15) is 0 Å². The first-order chi connectivity index (χ1) is 29.2. The van der Waals surface area contributed by atoms with Crippen LogP contribution < -0.4 is 0 Å². The molecule has 3 nitrogen and oxygen atoms in total. The Morgan fingerprint density at radius 2 is 0.814 bits per heavy atom. The minimum Gasteiger partial charge on any atom is -0.309 e. The number of thiophene rings is 1. The van der Waals surface area contributed by atoms with Crippen LogP contribution in [0.5, 0.6) is 0 Å². The number of hydrogen-bond donors (Lipinski definition) is 0. The van der Waals surface area contributed by atoms with E-state index in [4.69, 9.17) is 4.98 Å². The molecule has 0 radical (unpaired) electrons. The summed E-state index contributed by atoms with van der Waals surface area (Å²) in [5.74, 6) is 0. The van der Waals surface area contributed by atoms with E-state index in [0.717, 1.165) is 39.3 Å². The van der Waals surface area contributed by atoms with Crippen molar-refractivity contribution in [2.24, 2.45) is 0 Å². The first-order valence-electron chi connectivity index (χ1n) is 20.0. The Kier molecular flexibility index (Phi) is 7.72. The summed E-state index contributed by atoms with van der Waals surface area (Å²) in [6, 6.07) is 76.8. The maximum Gasteiger partial charge on any atom is 0.101 e. The molecule has 4 aromatic heterocycles. The van der Waals surface area contributed by atoms with Crippen molar-refractivity contribution in [3.8, 4) is 55.5 Å². The van der Waals surface area contributed by atoms with Crippen LogP contribution in [0.3, 0.4) is 0 Å². The molecule has 8 aromatic carbocycles. The van der Waals surface area contributed by atoms with E-state index in [9.17, 15) is 0 Å². The van der Waals surface area contributed by atoms with Crippen LogP contribution in [-0.4, -0.2) is 14.1 Å². The molecule has 276 valence electrons. The van der Waals surface area contributed by atoms with E-state index in [1.54, 1.807) is 0 Å². The van der Waals surface area contributed by atoms with Crippen molar-refractivity contribution in [2.75, 3.05) is 0 Å². The second-order valence-electron chi connectivity index (χ2n) is 15.2. The van der Waals surface area contributed by atoms with Gasteiger partial charge in [0.2, 0.25) is 0 Å². The second-order valence-corrected chi connectivity index (χ2v) is 16.3. The van der Waals surface area contributed by atoms with E-state index >= 15 is 0 Å². The lowest BCUT2D eigenvalue weighted by atomic mass is 9.99. The molecule has 0 amide bonds. The highest BCUT2D eigenvalue weighted by molar-refractivity contribution is 7.21. The molecule has 4 heteroatoms. The van der Waals surface area contributed by atoms with Crippen LogP contribution in [0.15, 0.2) is 212 Å². The molecule has 12 rings (SSSR count). The molecule has 0 N–H and O–H groups in total. The standard InChI is InChI=1S/C55H35N3S/c1-3-13-37(14-4-1)48-33-42(34-49(56-48)38-15-5-2-6-16-38)36-23-27-43(28-24-36)57-50-20-10-8-18-44(50)46-31-39(25-29-52(46)57)40-26-30-53-47(32-40)45-19-9-11-21-51(45)58(53)55-35-41-17-7-12-22-54(41)59-55/h1-35H. The van der Waals surface area contributed by atoms with E-state index in [-0.39, 0.29) is 0 Å². The first-order valence-corrected chi connectivity index (χ1v) is 20.8. The Balaban J connectivity index is 0.952. The van der Waals surface area contributed by atoms with Crippen molar-refractivity contribution in [1.29, 1.82) is 0 Å². The zero-order valence-electron chi connectivity index (χ0n) is 32.0. The van der Waals surface area contributed by atoms with Crippen molar-refractivity contribution in [2.45, 2.75) is 0 Å². The van der Waals surface area contributed by atoms with Crippen LogP contribution in [0.25, 0.3) is 109 Å². The molecule has 12 aromatic rings. The van der Waals surface area contributed by atoms with Crippen LogP contribution >= 0.6 is 11.3 Å². The largest absolute Gasteiger partial charge is 0.309 e. The lowest BCUT2D eigenvalue weighted by molar-refractivity contribution is 1.18. The zero-order valence-corrected chi connectivity index (χ0v) is 32.8. The molecule has 0 saturated carbocycles. The van der Waals surface area contributed by atoms with Crippen molar-refractivity contribution in [3.05, 3.63) is 212 Å². The highest BCUT2D eigenvalue weighted by Crippen LogP contribution is 2.40. The van der Waals surface area contributed by atoms with Gasteiger partial charge in [-0.05, 0) is 100 Å². The summed E-state index contributed by atoms with van der Waals surface area (Å²) in [6.07, 6.45) is 0. The van der Waals surface area contributed by atoms with Crippen molar-refractivity contribution in [1.82, 2.24) is 14.1 Å². The predicted molar refractivity (Wildman–Crippen MR) is 250 cm³/mol. The Morgan fingerprint density at radius 3 is 1.42 bits per heavy atom. The van der Waals surface area contributed by atoms with Crippen LogP contribution in [0.2, 0.25) is 0 Å². The van der Waals surface area contributed by atoms with Gasteiger partial charge in [-0.1, -0.05) is 140 Å². The lowest BCUT2D eigenvalue weighted by Gasteiger charge is -2.12. The van der Waals surface area contributed by atoms with Crippen molar-refractivity contribution in [3.63, 3.8) is 0 Å². The highest BCUT2D eigenvalue weighted by atomic mass is 32.1. The van der Waals surface area contributed by atoms with Gasteiger partial charge < -0.3 is 9.13 Å². The zero-order chi connectivity index (χ0) is 38.9. The van der Waals surface area contributed by atoms with Gasteiger partial charge in [-0.3, -0.25) is 0 Å². The summed E-state index contributed by atoms with van der Waals surface area (Å²) in [6.45, 7) is 0. The summed E-state index contributed by atoms with van der Waals surface area (Å²) >= 11 is 1.85. The molecular formula is C55H35N3S. The molecule has 0 aliphatic heterocycles.